The molecule has 2 aromatic rings. The van der Waals surface area contributed by atoms with Crippen LogP contribution in [0.3, 0.4) is 0 Å². The molecule has 6 heteroatoms. The lowest BCUT2D eigenvalue weighted by Gasteiger charge is -2.27. The summed E-state index contributed by atoms with van der Waals surface area (Å²) in [6, 6.07) is 15.1. The Morgan fingerprint density at radius 2 is 1.78 bits per heavy atom. The van der Waals surface area contributed by atoms with Crippen LogP contribution in [0.15, 0.2) is 53.6 Å². The number of hydrogen-bond donors (Lipinski definition) is 1. The molecule has 1 saturated heterocycles. The number of esters is 1. The van der Waals surface area contributed by atoms with Gasteiger partial charge in [-0.25, -0.2) is 4.79 Å². The molecule has 1 fully saturated rings. The molecule has 6 nitrogen and oxygen atoms in total. The fourth-order valence-corrected chi connectivity index (χ4v) is 2.81. The summed E-state index contributed by atoms with van der Waals surface area (Å²) in [5.74, 6) is 0.463. The molecule has 1 heterocycles. The minimum Gasteiger partial charge on any atom is -0.489 e. The molecule has 1 aliphatic heterocycles. The maximum atomic E-state index is 11.4. The van der Waals surface area contributed by atoms with E-state index in [1.54, 1.807) is 17.0 Å². The molecular weight excluding hydrogens is 342 g/mol. The number of nitrogens with zero attached hydrogens (tertiary/aromatic N) is 2. The number of ether oxygens (including phenoxy) is 2. The molecule has 0 saturated carbocycles. The fraction of sp³-hybridized carbons (Fsp3) is 0.333. The van der Waals surface area contributed by atoms with Gasteiger partial charge in [-0.15, -0.1) is 0 Å². The van der Waals surface area contributed by atoms with E-state index in [1.165, 1.54) is 7.11 Å². The SMILES string of the molecule is COC(=O)c1ccc(COc2ccc(/C=N\N3CC[NH+](C)CC3)cc2)cc1. The van der Waals surface area contributed by atoms with Crippen LogP contribution in [0.2, 0.25) is 0 Å². The predicted molar refractivity (Wildman–Crippen MR) is 104 cm³/mol. The van der Waals surface area contributed by atoms with Gasteiger partial charge in [0.15, 0.2) is 0 Å². The van der Waals surface area contributed by atoms with E-state index in [1.807, 2.05) is 42.6 Å². The van der Waals surface area contributed by atoms with Crippen LogP contribution >= 0.6 is 0 Å². The van der Waals surface area contributed by atoms with E-state index in [2.05, 4.69) is 17.2 Å². The van der Waals surface area contributed by atoms with Crippen molar-refractivity contribution in [1.29, 1.82) is 0 Å². The Labute approximate surface area is 160 Å². The molecule has 0 bridgehead atoms. The highest BCUT2D eigenvalue weighted by Crippen LogP contribution is 2.14. The largest absolute Gasteiger partial charge is 0.489 e. The van der Waals surface area contributed by atoms with Crippen LogP contribution in [-0.2, 0) is 11.3 Å². The van der Waals surface area contributed by atoms with Crippen molar-refractivity contribution < 1.29 is 19.2 Å². The zero-order valence-electron chi connectivity index (χ0n) is 15.9. The van der Waals surface area contributed by atoms with Gasteiger partial charge in [-0.3, -0.25) is 5.01 Å². The summed E-state index contributed by atoms with van der Waals surface area (Å²) < 4.78 is 10.5. The van der Waals surface area contributed by atoms with Crippen LogP contribution in [0.1, 0.15) is 21.5 Å². The standard InChI is InChI=1S/C21H25N3O3/c1-23-11-13-24(14-12-23)22-15-17-5-9-20(10-6-17)27-16-18-3-7-19(8-4-18)21(25)26-2/h3-10,15H,11-14,16H2,1-2H3/p+1/b22-15-. The Balaban J connectivity index is 1.49. The van der Waals surface area contributed by atoms with Gasteiger partial charge in [-0.1, -0.05) is 12.1 Å². The van der Waals surface area contributed by atoms with E-state index < -0.39 is 0 Å². The van der Waals surface area contributed by atoms with Crippen LogP contribution in [0.5, 0.6) is 5.75 Å². The van der Waals surface area contributed by atoms with Gasteiger partial charge in [0.25, 0.3) is 0 Å². The summed E-state index contributed by atoms with van der Waals surface area (Å²) in [5, 5.41) is 6.68. The Hall–Kier alpha value is -2.86. The summed E-state index contributed by atoms with van der Waals surface area (Å²) in [5.41, 5.74) is 2.58. The van der Waals surface area contributed by atoms with Crippen molar-refractivity contribution in [2.24, 2.45) is 5.10 Å². The number of carbonyl (C=O) groups is 1. The summed E-state index contributed by atoms with van der Waals surface area (Å²) in [4.78, 5) is 13.0. The molecule has 0 unspecified atom stereocenters. The Bertz CT molecular complexity index is 764. The highest BCUT2D eigenvalue weighted by atomic mass is 16.5. The Morgan fingerprint density at radius 3 is 2.41 bits per heavy atom. The number of hydrogen-bond acceptors (Lipinski definition) is 5. The topological polar surface area (TPSA) is 55.6 Å². The van der Waals surface area contributed by atoms with Crippen molar-refractivity contribution in [3.63, 3.8) is 0 Å². The highest BCUT2D eigenvalue weighted by molar-refractivity contribution is 5.89. The summed E-state index contributed by atoms with van der Waals surface area (Å²) in [6.45, 7) is 4.70. The average molecular weight is 368 g/mol. The number of benzene rings is 2. The third kappa shape index (κ3) is 5.56. The summed E-state index contributed by atoms with van der Waals surface area (Å²) in [7, 11) is 3.59. The van der Waals surface area contributed by atoms with Crippen LogP contribution in [-0.4, -0.2) is 57.5 Å². The molecule has 0 spiro atoms. The summed E-state index contributed by atoms with van der Waals surface area (Å²) in [6.07, 6.45) is 1.90. The first-order chi connectivity index (χ1) is 13.1. The van der Waals surface area contributed by atoms with E-state index >= 15 is 0 Å². The van der Waals surface area contributed by atoms with Gasteiger partial charge < -0.3 is 14.4 Å². The minimum atomic E-state index is -0.336. The van der Waals surface area contributed by atoms with Crippen LogP contribution in [0, 0.1) is 0 Å². The smallest absolute Gasteiger partial charge is 0.337 e. The van der Waals surface area contributed by atoms with Crippen molar-refractivity contribution in [2.75, 3.05) is 40.3 Å². The van der Waals surface area contributed by atoms with E-state index in [0.717, 1.165) is 43.1 Å². The van der Waals surface area contributed by atoms with E-state index in [-0.39, 0.29) is 5.97 Å². The first-order valence-corrected chi connectivity index (χ1v) is 9.14. The molecule has 2 aromatic carbocycles. The van der Waals surface area contributed by atoms with Crippen molar-refractivity contribution in [3.8, 4) is 5.75 Å². The van der Waals surface area contributed by atoms with Gasteiger partial charge in [-0.05, 0) is 47.5 Å². The number of rotatable bonds is 6. The number of carbonyl (C=O) groups excluding carboxylic acids is 1. The highest BCUT2D eigenvalue weighted by Gasteiger charge is 2.13. The average Bonchev–Trinajstić information content (AvgIpc) is 2.72. The molecule has 0 atom stereocenters. The lowest BCUT2D eigenvalue weighted by atomic mass is 10.1. The van der Waals surface area contributed by atoms with Crippen LogP contribution in [0.25, 0.3) is 0 Å². The normalized spacial score (nSPS) is 15.1. The molecule has 0 radical (unpaired) electrons. The van der Waals surface area contributed by atoms with Crippen molar-refractivity contribution in [3.05, 3.63) is 65.2 Å². The number of nitrogens with one attached hydrogen (secondary N) is 1. The fourth-order valence-electron chi connectivity index (χ4n) is 2.81. The number of likely N-dealkylation sites (N-methyl/N-ethyl adjacent to an activating group) is 1. The number of piperazine rings is 1. The van der Waals surface area contributed by atoms with E-state index in [0.29, 0.717) is 12.2 Å². The summed E-state index contributed by atoms with van der Waals surface area (Å²) >= 11 is 0. The second kappa shape index (κ2) is 9.19. The van der Waals surface area contributed by atoms with Gasteiger partial charge in [0.1, 0.15) is 12.4 Å². The molecule has 3 rings (SSSR count). The molecule has 0 aromatic heterocycles. The van der Waals surface area contributed by atoms with Gasteiger partial charge in [0.05, 0.1) is 52.1 Å². The lowest BCUT2D eigenvalue weighted by molar-refractivity contribution is -0.884. The second-order valence-electron chi connectivity index (χ2n) is 6.70. The molecule has 0 aliphatic carbocycles. The third-order valence-electron chi connectivity index (χ3n) is 4.62. The second-order valence-corrected chi connectivity index (χ2v) is 6.70. The van der Waals surface area contributed by atoms with E-state index in [9.17, 15) is 4.79 Å². The monoisotopic (exact) mass is 368 g/mol. The first kappa shape index (κ1) is 18.9. The quantitative estimate of drug-likeness (QED) is 0.615. The molecule has 27 heavy (non-hydrogen) atoms. The minimum absolute atomic E-state index is 0.336. The van der Waals surface area contributed by atoms with Gasteiger partial charge in [0.2, 0.25) is 0 Å². The first-order valence-electron chi connectivity index (χ1n) is 9.14. The molecule has 0 amide bonds. The number of methoxy groups -OCH3 is 1. The van der Waals surface area contributed by atoms with Gasteiger partial charge >= 0.3 is 5.97 Å². The Kier molecular flexibility index (Phi) is 6.44. The molecule has 1 N–H and O–H groups in total. The van der Waals surface area contributed by atoms with Gasteiger partial charge in [0, 0.05) is 0 Å². The zero-order chi connectivity index (χ0) is 19.1. The molecule has 1 aliphatic rings. The maximum Gasteiger partial charge on any atom is 0.337 e. The van der Waals surface area contributed by atoms with Gasteiger partial charge in [-0.2, -0.15) is 5.10 Å². The number of quaternary nitrogens is 1. The van der Waals surface area contributed by atoms with Crippen LogP contribution in [0.4, 0.5) is 0 Å². The van der Waals surface area contributed by atoms with Crippen LogP contribution < -0.4 is 9.64 Å². The zero-order valence-corrected chi connectivity index (χ0v) is 15.9. The predicted octanol–water partition coefficient (Wildman–Crippen LogP) is 1.22. The number of hydrazone groups is 1. The third-order valence-corrected chi connectivity index (χ3v) is 4.62. The molecule has 142 valence electrons. The Morgan fingerprint density at radius 1 is 1.11 bits per heavy atom. The van der Waals surface area contributed by atoms with E-state index in [4.69, 9.17) is 9.47 Å². The lowest BCUT2D eigenvalue weighted by Crippen LogP contribution is -3.11. The van der Waals surface area contributed by atoms with Crippen molar-refractivity contribution >= 4 is 12.2 Å². The molecular formula is C21H26N3O3+. The van der Waals surface area contributed by atoms with Crippen molar-refractivity contribution in [2.45, 2.75) is 6.61 Å². The maximum absolute atomic E-state index is 11.4. The van der Waals surface area contributed by atoms with Crippen molar-refractivity contribution in [1.82, 2.24) is 5.01 Å².